The summed E-state index contributed by atoms with van der Waals surface area (Å²) in [5.41, 5.74) is -2.17. The highest BCUT2D eigenvalue weighted by atomic mass is 16.6. The van der Waals surface area contributed by atoms with Crippen LogP contribution in [0.25, 0.3) is 11.0 Å². The van der Waals surface area contributed by atoms with E-state index in [9.17, 15) is 24.8 Å². The highest BCUT2D eigenvalue weighted by molar-refractivity contribution is 5.97. The summed E-state index contributed by atoms with van der Waals surface area (Å²) in [4.78, 5) is 33.4. The van der Waals surface area contributed by atoms with E-state index in [1.807, 2.05) is 0 Å². The molecule has 3 rings (SSSR count). The maximum atomic E-state index is 11.9. The van der Waals surface area contributed by atoms with Crippen molar-refractivity contribution in [3.63, 3.8) is 0 Å². The lowest BCUT2D eigenvalue weighted by Crippen LogP contribution is -2.10. The topological polar surface area (TPSA) is 143 Å². The van der Waals surface area contributed by atoms with Crippen LogP contribution in [0.1, 0.15) is 10.4 Å². The predicted molar refractivity (Wildman–Crippen MR) is 87.5 cm³/mol. The predicted octanol–water partition coefficient (Wildman–Crippen LogP) is 2.85. The number of rotatable bonds is 4. The molecule has 2 aromatic carbocycles. The van der Waals surface area contributed by atoms with Gasteiger partial charge in [0.2, 0.25) is 0 Å². The third kappa shape index (κ3) is 2.85. The smallest absolute Gasteiger partial charge is 0.417 e. The number of nitro groups is 1. The number of carboxylic acids is 1. The van der Waals surface area contributed by atoms with Gasteiger partial charge in [-0.1, -0.05) is 12.1 Å². The van der Waals surface area contributed by atoms with Gasteiger partial charge in [-0.25, -0.2) is 9.59 Å². The molecule has 0 atom stereocenters. The van der Waals surface area contributed by atoms with Crippen LogP contribution in [0.15, 0.2) is 51.7 Å². The van der Waals surface area contributed by atoms with Crippen molar-refractivity contribution in [2.45, 2.75) is 0 Å². The third-order valence-electron chi connectivity index (χ3n) is 3.47. The van der Waals surface area contributed by atoms with Gasteiger partial charge in [-0.05, 0) is 30.3 Å². The van der Waals surface area contributed by atoms with E-state index in [1.54, 1.807) is 12.1 Å². The number of para-hydroxylation sites is 1. The molecule has 0 saturated heterocycles. The Bertz CT molecular complexity index is 1070. The van der Waals surface area contributed by atoms with Crippen LogP contribution in [0.5, 0.6) is 5.75 Å². The summed E-state index contributed by atoms with van der Waals surface area (Å²) in [5, 5.41) is 32.8. The standard InChI is InChI=1S/C16H10N2O7/c19-11-6-5-8(7-10(11)15(20)21)17-13-9-3-1-2-4-12(9)25-16(22)14(13)18(23)24/h1-7,17,19H,(H,20,21). The molecule has 0 aliphatic rings. The molecule has 1 heterocycles. The van der Waals surface area contributed by atoms with Gasteiger partial charge >= 0.3 is 17.3 Å². The summed E-state index contributed by atoms with van der Waals surface area (Å²) in [5.74, 6) is -1.82. The van der Waals surface area contributed by atoms with Crippen molar-refractivity contribution in [3.8, 4) is 5.75 Å². The molecule has 0 spiro atoms. The fraction of sp³-hybridized carbons (Fsp3) is 0. The van der Waals surface area contributed by atoms with Gasteiger partial charge in [-0.3, -0.25) is 10.1 Å². The fourth-order valence-corrected chi connectivity index (χ4v) is 2.36. The van der Waals surface area contributed by atoms with E-state index in [0.29, 0.717) is 0 Å². The maximum absolute atomic E-state index is 11.9. The lowest BCUT2D eigenvalue weighted by molar-refractivity contribution is -0.386. The number of nitrogens with zero attached hydrogens (tertiary/aromatic N) is 1. The van der Waals surface area contributed by atoms with E-state index in [1.165, 1.54) is 18.2 Å². The van der Waals surface area contributed by atoms with Crippen molar-refractivity contribution in [3.05, 3.63) is 68.6 Å². The van der Waals surface area contributed by atoms with Crippen molar-refractivity contribution in [1.29, 1.82) is 0 Å². The Balaban J connectivity index is 2.23. The zero-order valence-electron chi connectivity index (χ0n) is 12.4. The first-order chi connectivity index (χ1) is 11.9. The molecule has 3 aromatic rings. The molecular formula is C16H10N2O7. The molecule has 9 nitrogen and oxygen atoms in total. The number of carbonyl (C=O) groups is 1. The Labute approximate surface area is 138 Å². The molecular weight excluding hydrogens is 332 g/mol. The van der Waals surface area contributed by atoms with E-state index in [2.05, 4.69) is 5.32 Å². The van der Waals surface area contributed by atoms with Crippen LogP contribution in [-0.4, -0.2) is 21.1 Å². The van der Waals surface area contributed by atoms with E-state index >= 15 is 0 Å². The van der Waals surface area contributed by atoms with Gasteiger partial charge in [0.1, 0.15) is 22.6 Å². The monoisotopic (exact) mass is 342 g/mol. The number of aromatic carboxylic acids is 1. The molecule has 126 valence electrons. The summed E-state index contributed by atoms with van der Waals surface area (Å²) in [6.07, 6.45) is 0. The fourth-order valence-electron chi connectivity index (χ4n) is 2.36. The Morgan fingerprint density at radius 2 is 1.92 bits per heavy atom. The van der Waals surface area contributed by atoms with Gasteiger partial charge in [-0.15, -0.1) is 0 Å². The summed E-state index contributed by atoms with van der Waals surface area (Å²) >= 11 is 0. The van der Waals surface area contributed by atoms with Crippen LogP contribution in [0, 0.1) is 10.1 Å². The van der Waals surface area contributed by atoms with Crippen molar-refractivity contribution < 1.29 is 24.3 Å². The van der Waals surface area contributed by atoms with Gasteiger partial charge in [0, 0.05) is 11.1 Å². The summed E-state index contributed by atoms with van der Waals surface area (Å²) in [6.45, 7) is 0. The number of nitrogens with one attached hydrogen (secondary N) is 1. The molecule has 0 aliphatic heterocycles. The quantitative estimate of drug-likeness (QED) is 0.284. The molecule has 3 N–H and O–H groups in total. The highest BCUT2D eigenvalue weighted by Crippen LogP contribution is 2.33. The lowest BCUT2D eigenvalue weighted by atomic mass is 10.1. The van der Waals surface area contributed by atoms with Gasteiger partial charge < -0.3 is 19.9 Å². The maximum Gasteiger partial charge on any atom is 0.417 e. The zero-order valence-corrected chi connectivity index (χ0v) is 12.4. The van der Waals surface area contributed by atoms with Crippen molar-refractivity contribution in [1.82, 2.24) is 0 Å². The number of fused-ring (bicyclic) bond motifs is 1. The molecule has 0 aliphatic carbocycles. The molecule has 0 amide bonds. The Morgan fingerprint density at radius 1 is 1.20 bits per heavy atom. The first kappa shape index (κ1) is 16.0. The van der Waals surface area contributed by atoms with Crippen molar-refractivity contribution in [2.24, 2.45) is 0 Å². The van der Waals surface area contributed by atoms with Gasteiger partial charge in [0.15, 0.2) is 0 Å². The number of phenols is 1. The average Bonchev–Trinajstić information content (AvgIpc) is 2.55. The molecule has 0 bridgehead atoms. The second kappa shape index (κ2) is 5.96. The first-order valence-electron chi connectivity index (χ1n) is 6.92. The molecule has 1 aromatic heterocycles. The Hall–Kier alpha value is -3.88. The van der Waals surface area contributed by atoms with Gasteiger partial charge in [-0.2, -0.15) is 0 Å². The third-order valence-corrected chi connectivity index (χ3v) is 3.47. The average molecular weight is 342 g/mol. The summed E-state index contributed by atoms with van der Waals surface area (Å²) in [7, 11) is 0. The number of anilines is 2. The Kier molecular flexibility index (Phi) is 3.82. The van der Waals surface area contributed by atoms with Crippen LogP contribution in [0.2, 0.25) is 0 Å². The molecule has 9 heteroatoms. The SMILES string of the molecule is O=C(O)c1cc(Nc2c([N+](=O)[O-])c(=O)oc3ccccc23)ccc1O. The molecule has 0 radical (unpaired) electrons. The zero-order chi connectivity index (χ0) is 18.1. The minimum atomic E-state index is -1.37. The normalized spacial score (nSPS) is 10.6. The van der Waals surface area contributed by atoms with Crippen LogP contribution < -0.4 is 10.9 Å². The van der Waals surface area contributed by atoms with Gasteiger partial charge in [0.05, 0.1) is 4.92 Å². The van der Waals surface area contributed by atoms with Crippen LogP contribution in [-0.2, 0) is 0 Å². The number of hydrogen-bond acceptors (Lipinski definition) is 7. The lowest BCUT2D eigenvalue weighted by Gasteiger charge is -2.10. The second-order valence-electron chi connectivity index (χ2n) is 5.03. The number of aromatic hydroxyl groups is 1. The van der Waals surface area contributed by atoms with Crippen molar-refractivity contribution in [2.75, 3.05) is 5.32 Å². The van der Waals surface area contributed by atoms with E-state index < -0.39 is 28.0 Å². The van der Waals surface area contributed by atoms with Gasteiger partial charge in [0.25, 0.3) is 0 Å². The summed E-state index contributed by atoms with van der Waals surface area (Å²) in [6, 6.07) is 9.77. The largest absolute Gasteiger partial charge is 0.507 e. The summed E-state index contributed by atoms with van der Waals surface area (Å²) < 4.78 is 4.94. The molecule has 0 unspecified atom stereocenters. The van der Waals surface area contributed by atoms with Crippen LogP contribution in [0.3, 0.4) is 0 Å². The molecule has 0 saturated carbocycles. The number of carboxylic acid groups (broad SMARTS) is 1. The van der Waals surface area contributed by atoms with Crippen LogP contribution >= 0.6 is 0 Å². The van der Waals surface area contributed by atoms with Crippen molar-refractivity contribution >= 4 is 34.0 Å². The first-order valence-corrected chi connectivity index (χ1v) is 6.92. The minimum absolute atomic E-state index is 0.126. The molecule has 25 heavy (non-hydrogen) atoms. The number of hydrogen-bond donors (Lipinski definition) is 3. The van der Waals surface area contributed by atoms with E-state index in [4.69, 9.17) is 9.52 Å². The Morgan fingerprint density at radius 3 is 2.60 bits per heavy atom. The van der Waals surface area contributed by atoms with E-state index in [-0.39, 0.29) is 27.9 Å². The highest BCUT2D eigenvalue weighted by Gasteiger charge is 2.25. The van der Waals surface area contributed by atoms with Crippen LogP contribution in [0.4, 0.5) is 17.1 Å². The van der Waals surface area contributed by atoms with E-state index in [0.717, 1.165) is 12.1 Å². The second-order valence-corrected chi connectivity index (χ2v) is 5.03. The minimum Gasteiger partial charge on any atom is -0.507 e. The number of benzene rings is 2. The molecule has 0 fully saturated rings.